The van der Waals surface area contributed by atoms with E-state index in [-0.39, 0.29) is 18.6 Å². The van der Waals surface area contributed by atoms with Crippen LogP contribution in [0.4, 0.5) is 0 Å². The van der Waals surface area contributed by atoms with Gasteiger partial charge in [0.15, 0.2) is 6.61 Å². The Bertz CT molecular complexity index is 840. The van der Waals surface area contributed by atoms with Gasteiger partial charge in [-0.1, -0.05) is 52.5 Å². The summed E-state index contributed by atoms with van der Waals surface area (Å²) in [6, 6.07) is 10.1. The second-order valence-corrected chi connectivity index (χ2v) is 8.20. The molecular weight excluding hydrogens is 444 g/mol. The maximum atomic E-state index is 12.9. The third-order valence-electron chi connectivity index (χ3n) is 4.42. The van der Waals surface area contributed by atoms with Crippen LogP contribution in [0.2, 0.25) is 20.1 Å². The molecule has 0 unspecified atom stereocenters. The molecule has 28 heavy (non-hydrogen) atoms. The standard InChI is InChI=1S/C20H19Cl4NO3/c21-14-4-3-13(17(23)8-14)10-25(11-16-2-1-7-27-16)20(26)12-28-19-6-5-15(22)9-18(19)24/h3-6,8-9,16H,1-2,7,10-12H2/t16-/m1/s1. The summed E-state index contributed by atoms with van der Waals surface area (Å²) in [7, 11) is 0. The third kappa shape index (κ3) is 5.91. The summed E-state index contributed by atoms with van der Waals surface area (Å²) in [5, 5.41) is 1.92. The summed E-state index contributed by atoms with van der Waals surface area (Å²) in [6.07, 6.45) is 1.92. The second-order valence-electron chi connectivity index (χ2n) is 6.51. The van der Waals surface area contributed by atoms with Crippen molar-refractivity contribution in [1.82, 2.24) is 4.90 Å². The summed E-state index contributed by atoms with van der Waals surface area (Å²) in [5.74, 6) is 0.216. The van der Waals surface area contributed by atoms with Gasteiger partial charge in [0.1, 0.15) is 5.75 Å². The number of hydrogen-bond acceptors (Lipinski definition) is 3. The van der Waals surface area contributed by atoms with Crippen molar-refractivity contribution in [3.8, 4) is 5.75 Å². The molecule has 8 heteroatoms. The summed E-state index contributed by atoms with van der Waals surface area (Å²) < 4.78 is 11.3. The van der Waals surface area contributed by atoms with E-state index >= 15 is 0 Å². The van der Waals surface area contributed by atoms with E-state index in [0.717, 1.165) is 18.4 Å². The summed E-state index contributed by atoms with van der Waals surface area (Å²) in [6.45, 7) is 1.37. The molecule has 0 bridgehead atoms. The van der Waals surface area contributed by atoms with Gasteiger partial charge in [0.05, 0.1) is 11.1 Å². The highest BCUT2D eigenvalue weighted by atomic mass is 35.5. The fourth-order valence-electron chi connectivity index (χ4n) is 2.97. The van der Waals surface area contributed by atoms with E-state index in [0.29, 0.717) is 45.5 Å². The zero-order valence-corrected chi connectivity index (χ0v) is 18.0. The van der Waals surface area contributed by atoms with Crippen LogP contribution in [0.25, 0.3) is 0 Å². The first kappa shape index (κ1) is 21.5. The number of ether oxygens (including phenoxy) is 2. The molecule has 0 spiro atoms. The van der Waals surface area contributed by atoms with Crippen molar-refractivity contribution >= 4 is 52.3 Å². The average Bonchev–Trinajstić information content (AvgIpc) is 3.15. The molecule has 2 aromatic rings. The smallest absolute Gasteiger partial charge is 0.260 e. The normalized spacial score (nSPS) is 16.2. The van der Waals surface area contributed by atoms with Gasteiger partial charge in [-0.15, -0.1) is 0 Å². The Balaban J connectivity index is 1.70. The predicted octanol–water partition coefficient (Wildman–Crippen LogP) is 5.89. The van der Waals surface area contributed by atoms with Crippen LogP contribution < -0.4 is 4.74 Å². The monoisotopic (exact) mass is 461 g/mol. The molecule has 0 aromatic heterocycles. The number of rotatable bonds is 7. The zero-order valence-electron chi connectivity index (χ0n) is 15.0. The van der Waals surface area contributed by atoms with Gasteiger partial charge >= 0.3 is 0 Å². The highest BCUT2D eigenvalue weighted by Crippen LogP contribution is 2.28. The number of carbonyl (C=O) groups excluding carboxylic acids is 1. The first-order valence-electron chi connectivity index (χ1n) is 8.83. The van der Waals surface area contributed by atoms with E-state index in [1.807, 2.05) is 6.07 Å². The molecule has 1 heterocycles. The fourth-order valence-corrected chi connectivity index (χ4v) is 3.90. The van der Waals surface area contributed by atoms with E-state index in [4.69, 9.17) is 55.9 Å². The summed E-state index contributed by atoms with van der Waals surface area (Å²) in [5.41, 5.74) is 0.807. The SMILES string of the molecule is O=C(COc1ccc(Cl)cc1Cl)N(Cc1ccc(Cl)cc1Cl)C[C@H]1CCCO1. The molecule has 0 aliphatic carbocycles. The van der Waals surface area contributed by atoms with Crippen molar-refractivity contribution in [2.75, 3.05) is 19.8 Å². The van der Waals surface area contributed by atoms with Crippen molar-refractivity contribution < 1.29 is 14.3 Å². The van der Waals surface area contributed by atoms with E-state index in [1.165, 1.54) is 0 Å². The van der Waals surface area contributed by atoms with Crippen LogP contribution in [-0.4, -0.2) is 36.7 Å². The molecule has 4 nitrogen and oxygen atoms in total. The number of amides is 1. The first-order valence-corrected chi connectivity index (χ1v) is 10.3. The number of halogens is 4. The topological polar surface area (TPSA) is 38.8 Å². The van der Waals surface area contributed by atoms with Gasteiger partial charge in [0, 0.05) is 34.8 Å². The first-order chi connectivity index (χ1) is 13.4. The molecule has 1 fully saturated rings. The highest BCUT2D eigenvalue weighted by Gasteiger charge is 2.24. The van der Waals surface area contributed by atoms with Gasteiger partial charge in [0.2, 0.25) is 0 Å². The lowest BCUT2D eigenvalue weighted by atomic mass is 10.1. The molecule has 0 radical (unpaired) electrons. The molecule has 1 saturated heterocycles. The molecule has 1 aliphatic rings. The third-order valence-corrected chi connectivity index (χ3v) is 5.54. The Morgan fingerprint density at radius 2 is 1.79 bits per heavy atom. The maximum Gasteiger partial charge on any atom is 0.260 e. The Labute approximate surface area is 184 Å². The maximum absolute atomic E-state index is 12.9. The lowest BCUT2D eigenvalue weighted by Gasteiger charge is -2.26. The molecule has 150 valence electrons. The molecule has 2 aromatic carbocycles. The highest BCUT2D eigenvalue weighted by molar-refractivity contribution is 6.35. The predicted molar refractivity (Wildman–Crippen MR) is 113 cm³/mol. The van der Waals surface area contributed by atoms with Crippen LogP contribution in [-0.2, 0) is 16.1 Å². The minimum Gasteiger partial charge on any atom is -0.482 e. The Morgan fingerprint density at radius 1 is 1.07 bits per heavy atom. The molecule has 1 aliphatic heterocycles. The Morgan fingerprint density at radius 3 is 2.43 bits per heavy atom. The average molecular weight is 463 g/mol. The van der Waals surface area contributed by atoms with Gasteiger partial charge in [0.25, 0.3) is 5.91 Å². The molecular formula is C20H19Cl4NO3. The van der Waals surface area contributed by atoms with Gasteiger partial charge in [-0.2, -0.15) is 0 Å². The molecule has 1 amide bonds. The van der Waals surface area contributed by atoms with Crippen LogP contribution in [0.15, 0.2) is 36.4 Å². The van der Waals surface area contributed by atoms with Crippen molar-refractivity contribution in [2.45, 2.75) is 25.5 Å². The Kier molecular flexibility index (Phi) is 7.72. The van der Waals surface area contributed by atoms with Crippen molar-refractivity contribution in [1.29, 1.82) is 0 Å². The number of hydrogen-bond donors (Lipinski definition) is 0. The van der Waals surface area contributed by atoms with Crippen molar-refractivity contribution in [3.63, 3.8) is 0 Å². The number of benzene rings is 2. The van der Waals surface area contributed by atoms with Crippen molar-refractivity contribution in [3.05, 3.63) is 62.1 Å². The van der Waals surface area contributed by atoms with Gasteiger partial charge < -0.3 is 14.4 Å². The van der Waals surface area contributed by atoms with E-state index in [2.05, 4.69) is 0 Å². The minimum absolute atomic E-state index is 0.00847. The van der Waals surface area contributed by atoms with Crippen LogP contribution >= 0.6 is 46.4 Å². The lowest BCUT2D eigenvalue weighted by molar-refractivity contribution is -0.135. The molecule has 3 rings (SSSR count). The van der Waals surface area contributed by atoms with E-state index in [1.54, 1.807) is 35.2 Å². The Hall–Kier alpha value is -1.17. The van der Waals surface area contributed by atoms with E-state index in [9.17, 15) is 4.79 Å². The summed E-state index contributed by atoms with van der Waals surface area (Å²) in [4.78, 5) is 14.6. The van der Waals surface area contributed by atoms with Gasteiger partial charge in [-0.3, -0.25) is 4.79 Å². The fraction of sp³-hybridized carbons (Fsp3) is 0.350. The molecule has 0 N–H and O–H groups in total. The molecule has 1 atom stereocenters. The summed E-state index contributed by atoms with van der Waals surface area (Å²) >= 11 is 24.3. The van der Waals surface area contributed by atoms with Crippen LogP contribution in [0, 0.1) is 0 Å². The largest absolute Gasteiger partial charge is 0.482 e. The van der Waals surface area contributed by atoms with Crippen LogP contribution in [0.3, 0.4) is 0 Å². The number of carbonyl (C=O) groups is 1. The quantitative estimate of drug-likeness (QED) is 0.515. The minimum atomic E-state index is -0.187. The van der Waals surface area contributed by atoms with E-state index < -0.39 is 0 Å². The van der Waals surface area contributed by atoms with Gasteiger partial charge in [-0.05, 0) is 48.7 Å². The van der Waals surface area contributed by atoms with Gasteiger partial charge in [-0.25, -0.2) is 0 Å². The molecule has 0 saturated carbocycles. The zero-order chi connectivity index (χ0) is 20.1. The lowest BCUT2D eigenvalue weighted by Crippen LogP contribution is -2.39. The number of nitrogens with zero attached hydrogens (tertiary/aromatic N) is 1. The van der Waals surface area contributed by atoms with Crippen molar-refractivity contribution in [2.24, 2.45) is 0 Å². The second kappa shape index (κ2) is 10.0. The van der Waals surface area contributed by atoms with Crippen LogP contribution in [0.5, 0.6) is 5.75 Å². The van der Waals surface area contributed by atoms with Crippen LogP contribution in [0.1, 0.15) is 18.4 Å².